The number of hydrogen-bond donors (Lipinski definition) is 2. The number of nitrogens with one attached hydrogen (secondary N) is 2. The molecule has 1 atom stereocenters. The quantitative estimate of drug-likeness (QED) is 0.615. The number of hydrogen-bond acceptors (Lipinski definition) is 4. The van der Waals surface area contributed by atoms with Gasteiger partial charge in [0.05, 0.1) is 10.5 Å². The first-order chi connectivity index (χ1) is 15.2. The van der Waals surface area contributed by atoms with E-state index in [1.54, 1.807) is 12.1 Å². The Morgan fingerprint density at radius 2 is 1.94 bits per heavy atom. The number of nitrogens with zero attached hydrogens (tertiary/aromatic N) is 1. The summed E-state index contributed by atoms with van der Waals surface area (Å²) in [5.41, 5.74) is 0.673. The lowest BCUT2D eigenvalue weighted by atomic mass is 10.0. The van der Waals surface area contributed by atoms with Crippen molar-refractivity contribution in [2.75, 3.05) is 13.1 Å². The number of benzene rings is 2. The van der Waals surface area contributed by atoms with E-state index in [9.17, 15) is 22.4 Å². The average Bonchev–Trinajstić information content (AvgIpc) is 2.77. The summed E-state index contributed by atoms with van der Waals surface area (Å²) in [4.78, 5) is 27.7. The zero-order valence-electron chi connectivity index (χ0n) is 17.6. The number of sulfonamides is 1. The third-order valence-corrected chi connectivity index (χ3v) is 7.54. The van der Waals surface area contributed by atoms with Crippen molar-refractivity contribution in [3.05, 3.63) is 75.8 Å². The van der Waals surface area contributed by atoms with Gasteiger partial charge in [0.1, 0.15) is 5.82 Å². The SMILES string of the molecule is C[C@H]1CCCN(S(=O)(=O)c2ccc3[nH]c(=O)cc(C(=O)NCc4ccc(F)cc4)c3c2)C1. The first kappa shape index (κ1) is 22.2. The number of pyridine rings is 1. The van der Waals surface area contributed by atoms with E-state index in [-0.39, 0.29) is 28.7 Å². The van der Waals surface area contributed by atoms with Crippen molar-refractivity contribution in [2.24, 2.45) is 5.92 Å². The second-order valence-corrected chi connectivity index (χ2v) is 10.1. The summed E-state index contributed by atoms with van der Waals surface area (Å²) in [6.07, 6.45) is 1.79. The smallest absolute Gasteiger partial charge is 0.252 e. The largest absolute Gasteiger partial charge is 0.348 e. The van der Waals surface area contributed by atoms with Gasteiger partial charge in [-0.2, -0.15) is 4.31 Å². The number of amides is 1. The summed E-state index contributed by atoms with van der Waals surface area (Å²) >= 11 is 0. The van der Waals surface area contributed by atoms with Crippen molar-refractivity contribution in [2.45, 2.75) is 31.2 Å². The van der Waals surface area contributed by atoms with Gasteiger partial charge in [-0.25, -0.2) is 12.8 Å². The number of halogens is 1. The molecule has 1 saturated heterocycles. The van der Waals surface area contributed by atoms with Crippen LogP contribution in [-0.2, 0) is 16.6 Å². The monoisotopic (exact) mass is 457 g/mol. The van der Waals surface area contributed by atoms with E-state index in [4.69, 9.17) is 0 Å². The fraction of sp³-hybridized carbons (Fsp3) is 0.304. The number of fused-ring (bicyclic) bond motifs is 1. The van der Waals surface area contributed by atoms with Crippen LogP contribution in [0.5, 0.6) is 0 Å². The molecular weight excluding hydrogens is 433 g/mol. The van der Waals surface area contributed by atoms with Crippen LogP contribution in [0.15, 0.2) is 58.2 Å². The maximum atomic E-state index is 13.2. The van der Waals surface area contributed by atoms with Crippen LogP contribution in [0.25, 0.3) is 10.9 Å². The number of piperidine rings is 1. The summed E-state index contributed by atoms with van der Waals surface area (Å²) in [7, 11) is -3.72. The number of aromatic amines is 1. The minimum atomic E-state index is -3.72. The van der Waals surface area contributed by atoms with Gasteiger partial charge in [-0.3, -0.25) is 9.59 Å². The molecule has 2 heterocycles. The molecule has 1 fully saturated rings. The molecule has 168 valence electrons. The zero-order chi connectivity index (χ0) is 22.9. The minimum absolute atomic E-state index is 0.0786. The molecule has 1 aromatic heterocycles. The van der Waals surface area contributed by atoms with Crippen LogP contribution >= 0.6 is 0 Å². The second kappa shape index (κ2) is 8.84. The molecule has 0 radical (unpaired) electrons. The Hall–Kier alpha value is -3.04. The molecule has 0 aliphatic carbocycles. The Morgan fingerprint density at radius 3 is 2.66 bits per heavy atom. The van der Waals surface area contributed by atoms with E-state index in [0.29, 0.717) is 29.6 Å². The predicted molar refractivity (Wildman–Crippen MR) is 119 cm³/mol. The van der Waals surface area contributed by atoms with E-state index in [1.807, 2.05) is 6.92 Å². The molecule has 7 nitrogen and oxygen atoms in total. The molecule has 2 aromatic carbocycles. The first-order valence-corrected chi connectivity index (χ1v) is 11.9. The highest BCUT2D eigenvalue weighted by Crippen LogP contribution is 2.26. The molecule has 2 N–H and O–H groups in total. The van der Waals surface area contributed by atoms with E-state index < -0.39 is 21.5 Å². The number of rotatable bonds is 5. The van der Waals surface area contributed by atoms with Crippen molar-refractivity contribution in [3.8, 4) is 0 Å². The fourth-order valence-electron chi connectivity index (χ4n) is 3.97. The molecule has 0 unspecified atom stereocenters. The Morgan fingerprint density at radius 1 is 1.19 bits per heavy atom. The predicted octanol–water partition coefficient (Wildman–Crippen LogP) is 3.02. The number of H-pyrrole nitrogens is 1. The van der Waals surface area contributed by atoms with Crippen molar-refractivity contribution in [1.29, 1.82) is 0 Å². The molecule has 9 heteroatoms. The van der Waals surface area contributed by atoms with Crippen LogP contribution < -0.4 is 10.9 Å². The van der Waals surface area contributed by atoms with Gasteiger partial charge in [-0.1, -0.05) is 19.1 Å². The van der Waals surface area contributed by atoms with Gasteiger partial charge in [0.15, 0.2) is 0 Å². The summed E-state index contributed by atoms with van der Waals surface area (Å²) in [6, 6.07) is 11.2. The van der Waals surface area contributed by atoms with Gasteiger partial charge in [0.2, 0.25) is 15.6 Å². The highest BCUT2D eigenvalue weighted by molar-refractivity contribution is 7.89. The molecule has 4 rings (SSSR count). The normalized spacial score (nSPS) is 17.4. The van der Waals surface area contributed by atoms with Crippen LogP contribution in [0.1, 0.15) is 35.7 Å². The van der Waals surface area contributed by atoms with E-state index >= 15 is 0 Å². The Labute approximate surface area is 185 Å². The second-order valence-electron chi connectivity index (χ2n) is 8.17. The molecule has 0 spiro atoms. The van der Waals surface area contributed by atoms with Gasteiger partial charge in [0.25, 0.3) is 5.91 Å². The number of carbonyl (C=O) groups excluding carboxylic acids is 1. The molecule has 1 aliphatic rings. The fourth-order valence-corrected chi connectivity index (χ4v) is 5.60. The molecule has 32 heavy (non-hydrogen) atoms. The van der Waals surface area contributed by atoms with Gasteiger partial charge < -0.3 is 10.3 Å². The highest BCUT2D eigenvalue weighted by atomic mass is 32.2. The topological polar surface area (TPSA) is 99.3 Å². The van der Waals surface area contributed by atoms with Gasteiger partial charge >= 0.3 is 0 Å². The van der Waals surface area contributed by atoms with Crippen LogP contribution in [-0.4, -0.2) is 36.7 Å². The number of aromatic nitrogens is 1. The minimum Gasteiger partial charge on any atom is -0.348 e. The number of carbonyl (C=O) groups is 1. The lowest BCUT2D eigenvalue weighted by Gasteiger charge is -2.30. The Kier molecular flexibility index (Phi) is 6.12. The molecule has 0 bridgehead atoms. The van der Waals surface area contributed by atoms with E-state index in [2.05, 4.69) is 10.3 Å². The first-order valence-electron chi connectivity index (χ1n) is 10.4. The van der Waals surface area contributed by atoms with Crippen LogP contribution in [0, 0.1) is 11.7 Å². The maximum Gasteiger partial charge on any atom is 0.252 e. The van der Waals surface area contributed by atoms with Crippen LogP contribution in [0.3, 0.4) is 0 Å². The van der Waals surface area contributed by atoms with Gasteiger partial charge in [-0.15, -0.1) is 0 Å². The average molecular weight is 458 g/mol. The third kappa shape index (κ3) is 4.58. The van der Waals surface area contributed by atoms with Crippen LogP contribution in [0.4, 0.5) is 4.39 Å². The van der Waals surface area contributed by atoms with Crippen molar-refractivity contribution >= 4 is 26.8 Å². The Balaban J connectivity index is 1.67. The zero-order valence-corrected chi connectivity index (χ0v) is 18.4. The van der Waals surface area contributed by atoms with Crippen molar-refractivity contribution in [3.63, 3.8) is 0 Å². The Bertz CT molecular complexity index is 1320. The molecule has 1 aliphatic heterocycles. The summed E-state index contributed by atoms with van der Waals surface area (Å²) in [5.74, 6) is -0.618. The third-order valence-electron chi connectivity index (χ3n) is 5.68. The lowest BCUT2D eigenvalue weighted by molar-refractivity contribution is 0.0952. The van der Waals surface area contributed by atoms with Crippen molar-refractivity contribution in [1.82, 2.24) is 14.6 Å². The standard InChI is InChI=1S/C23H24FN3O4S/c1-15-3-2-10-27(14-15)32(30,31)18-8-9-21-19(11-18)20(12-22(28)26-21)23(29)25-13-16-4-6-17(24)7-5-16/h4-9,11-12,15H,2-3,10,13-14H2,1H3,(H,25,29)(H,26,28)/t15-/m0/s1. The summed E-state index contributed by atoms with van der Waals surface area (Å²) in [6.45, 7) is 3.08. The van der Waals surface area contributed by atoms with E-state index in [0.717, 1.165) is 18.9 Å². The van der Waals surface area contributed by atoms with Crippen LogP contribution in [0.2, 0.25) is 0 Å². The van der Waals surface area contributed by atoms with E-state index in [1.165, 1.54) is 34.6 Å². The summed E-state index contributed by atoms with van der Waals surface area (Å²) < 4.78 is 40.9. The molecule has 0 saturated carbocycles. The maximum absolute atomic E-state index is 13.2. The molecule has 1 amide bonds. The molecular formula is C23H24FN3O4S. The lowest BCUT2D eigenvalue weighted by Crippen LogP contribution is -2.39. The molecule has 3 aromatic rings. The highest BCUT2D eigenvalue weighted by Gasteiger charge is 2.29. The van der Waals surface area contributed by atoms with Gasteiger partial charge in [0, 0.05) is 36.6 Å². The van der Waals surface area contributed by atoms with Crippen molar-refractivity contribution < 1.29 is 17.6 Å². The van der Waals surface area contributed by atoms with Gasteiger partial charge in [-0.05, 0) is 54.7 Å². The summed E-state index contributed by atoms with van der Waals surface area (Å²) in [5, 5.41) is 3.05.